The van der Waals surface area contributed by atoms with Crippen LogP contribution in [0.1, 0.15) is 16.1 Å². The molecule has 0 spiro atoms. The molecule has 2 aromatic heterocycles. The molecule has 15 heavy (non-hydrogen) atoms. The minimum Gasteiger partial charge on any atom is -0.478 e. The molecule has 0 aromatic carbocycles. The number of carbonyl (C=O) groups is 1. The Kier molecular flexibility index (Phi) is 2.39. The summed E-state index contributed by atoms with van der Waals surface area (Å²) in [6, 6.07) is 3.22. The van der Waals surface area contributed by atoms with Crippen LogP contribution in [0.3, 0.4) is 0 Å². The lowest BCUT2D eigenvalue weighted by atomic mass is 10.3. The van der Waals surface area contributed by atoms with E-state index in [9.17, 15) is 4.79 Å². The van der Waals surface area contributed by atoms with Crippen molar-refractivity contribution in [1.82, 2.24) is 9.38 Å². The van der Waals surface area contributed by atoms with Gasteiger partial charge in [0.2, 0.25) is 0 Å². The highest BCUT2D eigenvalue weighted by molar-refractivity contribution is 5.94. The van der Waals surface area contributed by atoms with Crippen molar-refractivity contribution in [2.75, 3.05) is 6.54 Å². The summed E-state index contributed by atoms with van der Waals surface area (Å²) in [5.74, 6) is -0.967. The molecule has 0 saturated carbocycles. The number of nitrogens with zero attached hydrogens (tertiary/aromatic N) is 2. The SMILES string of the molecule is NCCc1cn2cccc(C(=O)O)c2n1. The molecule has 78 valence electrons. The van der Waals surface area contributed by atoms with Gasteiger partial charge in [-0.15, -0.1) is 0 Å². The molecule has 0 unspecified atom stereocenters. The van der Waals surface area contributed by atoms with E-state index >= 15 is 0 Å². The van der Waals surface area contributed by atoms with E-state index < -0.39 is 5.97 Å². The third-order valence-electron chi connectivity index (χ3n) is 2.16. The summed E-state index contributed by atoms with van der Waals surface area (Å²) in [5.41, 5.74) is 6.90. The highest BCUT2D eigenvalue weighted by Gasteiger charge is 2.10. The first kappa shape index (κ1) is 9.67. The Labute approximate surface area is 86.2 Å². The smallest absolute Gasteiger partial charge is 0.339 e. The van der Waals surface area contributed by atoms with E-state index in [0.717, 1.165) is 5.69 Å². The van der Waals surface area contributed by atoms with Gasteiger partial charge in [-0.3, -0.25) is 0 Å². The quantitative estimate of drug-likeness (QED) is 0.766. The molecular weight excluding hydrogens is 194 g/mol. The van der Waals surface area contributed by atoms with E-state index in [2.05, 4.69) is 4.98 Å². The summed E-state index contributed by atoms with van der Waals surface area (Å²) in [5, 5.41) is 8.94. The van der Waals surface area contributed by atoms with Crippen molar-refractivity contribution < 1.29 is 9.90 Å². The van der Waals surface area contributed by atoms with Gasteiger partial charge in [-0.2, -0.15) is 0 Å². The van der Waals surface area contributed by atoms with Gasteiger partial charge in [-0.1, -0.05) is 0 Å². The van der Waals surface area contributed by atoms with Crippen molar-refractivity contribution in [3.63, 3.8) is 0 Å². The summed E-state index contributed by atoms with van der Waals surface area (Å²) in [7, 11) is 0. The molecule has 5 nitrogen and oxygen atoms in total. The van der Waals surface area contributed by atoms with Gasteiger partial charge in [-0.25, -0.2) is 9.78 Å². The minimum absolute atomic E-state index is 0.209. The summed E-state index contributed by atoms with van der Waals surface area (Å²) in [6.45, 7) is 0.506. The zero-order chi connectivity index (χ0) is 10.8. The predicted octanol–water partition coefficient (Wildman–Crippen LogP) is 0.534. The summed E-state index contributed by atoms with van der Waals surface area (Å²) < 4.78 is 1.70. The largest absolute Gasteiger partial charge is 0.478 e. The first-order chi connectivity index (χ1) is 7.22. The normalized spacial score (nSPS) is 10.7. The molecule has 0 saturated heterocycles. The van der Waals surface area contributed by atoms with Gasteiger partial charge in [0.1, 0.15) is 5.56 Å². The summed E-state index contributed by atoms with van der Waals surface area (Å²) in [6.07, 6.45) is 4.23. The number of carboxylic acid groups (broad SMARTS) is 1. The second-order valence-corrected chi connectivity index (χ2v) is 3.23. The summed E-state index contributed by atoms with van der Waals surface area (Å²) in [4.78, 5) is 15.1. The number of nitrogens with two attached hydrogens (primary N) is 1. The molecule has 0 amide bonds. The molecule has 5 heteroatoms. The second kappa shape index (κ2) is 3.70. The van der Waals surface area contributed by atoms with Crippen LogP contribution < -0.4 is 5.73 Å². The van der Waals surface area contributed by atoms with Crippen LogP contribution in [0.5, 0.6) is 0 Å². The van der Waals surface area contributed by atoms with Crippen molar-refractivity contribution in [2.45, 2.75) is 6.42 Å². The maximum Gasteiger partial charge on any atom is 0.339 e. The van der Waals surface area contributed by atoms with E-state index in [0.29, 0.717) is 18.6 Å². The fourth-order valence-electron chi connectivity index (χ4n) is 1.50. The lowest BCUT2D eigenvalue weighted by molar-refractivity contribution is 0.0698. The highest BCUT2D eigenvalue weighted by Crippen LogP contribution is 2.11. The van der Waals surface area contributed by atoms with Gasteiger partial charge in [0.15, 0.2) is 5.65 Å². The van der Waals surface area contributed by atoms with Crippen LogP contribution in [-0.2, 0) is 6.42 Å². The molecule has 0 aliphatic rings. The van der Waals surface area contributed by atoms with Crippen molar-refractivity contribution in [1.29, 1.82) is 0 Å². The van der Waals surface area contributed by atoms with Crippen molar-refractivity contribution in [3.05, 3.63) is 35.8 Å². The number of rotatable bonds is 3. The van der Waals surface area contributed by atoms with Crippen LogP contribution in [-0.4, -0.2) is 27.0 Å². The number of fused-ring (bicyclic) bond motifs is 1. The Morgan fingerprint density at radius 3 is 3.07 bits per heavy atom. The molecule has 2 aromatic rings. The van der Waals surface area contributed by atoms with Gasteiger partial charge < -0.3 is 15.2 Å². The molecule has 2 rings (SSSR count). The number of hydrogen-bond acceptors (Lipinski definition) is 3. The number of aromatic carboxylic acids is 1. The predicted molar refractivity (Wildman–Crippen MR) is 54.9 cm³/mol. The van der Waals surface area contributed by atoms with E-state index in [-0.39, 0.29) is 5.56 Å². The van der Waals surface area contributed by atoms with Crippen LogP contribution >= 0.6 is 0 Å². The monoisotopic (exact) mass is 205 g/mol. The molecule has 3 N–H and O–H groups in total. The Bertz CT molecular complexity index is 504. The standard InChI is InChI=1S/C10H11N3O2/c11-4-3-7-6-13-5-1-2-8(10(14)15)9(13)12-7/h1-2,5-6H,3-4,11H2,(H,14,15). The van der Waals surface area contributed by atoms with E-state index in [1.807, 2.05) is 0 Å². The second-order valence-electron chi connectivity index (χ2n) is 3.23. The van der Waals surface area contributed by atoms with Gasteiger partial charge in [0.05, 0.1) is 5.69 Å². The van der Waals surface area contributed by atoms with Crippen LogP contribution in [0.25, 0.3) is 5.65 Å². The molecule has 0 aliphatic carbocycles. The average molecular weight is 205 g/mol. The van der Waals surface area contributed by atoms with Gasteiger partial charge in [-0.05, 0) is 18.7 Å². The van der Waals surface area contributed by atoms with Crippen LogP contribution in [0.15, 0.2) is 24.5 Å². The molecule has 0 aliphatic heterocycles. The topological polar surface area (TPSA) is 80.6 Å². The van der Waals surface area contributed by atoms with E-state index in [1.165, 1.54) is 6.07 Å². The third-order valence-corrected chi connectivity index (χ3v) is 2.16. The first-order valence-corrected chi connectivity index (χ1v) is 4.62. The maximum absolute atomic E-state index is 10.9. The molecule has 0 atom stereocenters. The Balaban J connectivity index is 2.59. The highest BCUT2D eigenvalue weighted by atomic mass is 16.4. The lowest BCUT2D eigenvalue weighted by Crippen LogP contribution is -2.02. The van der Waals surface area contributed by atoms with Gasteiger partial charge in [0, 0.05) is 18.8 Å². The van der Waals surface area contributed by atoms with Crippen LogP contribution in [0.2, 0.25) is 0 Å². The molecule has 0 bridgehead atoms. The number of imidazole rings is 1. The van der Waals surface area contributed by atoms with E-state index in [1.54, 1.807) is 22.9 Å². The minimum atomic E-state index is -0.967. The Morgan fingerprint density at radius 1 is 1.60 bits per heavy atom. The van der Waals surface area contributed by atoms with Crippen molar-refractivity contribution in [3.8, 4) is 0 Å². The average Bonchev–Trinajstić information content (AvgIpc) is 2.59. The summed E-state index contributed by atoms with van der Waals surface area (Å²) >= 11 is 0. The van der Waals surface area contributed by atoms with Gasteiger partial charge >= 0.3 is 5.97 Å². The first-order valence-electron chi connectivity index (χ1n) is 4.62. The van der Waals surface area contributed by atoms with Gasteiger partial charge in [0.25, 0.3) is 0 Å². The fourth-order valence-corrected chi connectivity index (χ4v) is 1.50. The zero-order valence-electron chi connectivity index (χ0n) is 8.05. The molecular formula is C10H11N3O2. The van der Waals surface area contributed by atoms with E-state index in [4.69, 9.17) is 10.8 Å². The fraction of sp³-hybridized carbons (Fsp3) is 0.200. The lowest BCUT2D eigenvalue weighted by Gasteiger charge is -1.96. The van der Waals surface area contributed by atoms with Crippen molar-refractivity contribution >= 4 is 11.6 Å². The molecule has 2 heterocycles. The number of carboxylic acids is 1. The van der Waals surface area contributed by atoms with Crippen molar-refractivity contribution in [2.24, 2.45) is 5.73 Å². The Hall–Kier alpha value is -1.88. The number of pyridine rings is 1. The Morgan fingerprint density at radius 2 is 2.40 bits per heavy atom. The molecule has 0 radical (unpaired) electrons. The van der Waals surface area contributed by atoms with Crippen LogP contribution in [0, 0.1) is 0 Å². The third kappa shape index (κ3) is 1.69. The number of hydrogen-bond donors (Lipinski definition) is 2. The zero-order valence-corrected chi connectivity index (χ0v) is 8.05. The molecule has 0 fully saturated rings. The number of aromatic nitrogens is 2. The van der Waals surface area contributed by atoms with Crippen LogP contribution in [0.4, 0.5) is 0 Å². The maximum atomic E-state index is 10.9.